The van der Waals surface area contributed by atoms with E-state index in [2.05, 4.69) is 18.7 Å². The van der Waals surface area contributed by atoms with Crippen molar-refractivity contribution in [3.8, 4) is 0 Å². The molecule has 0 aromatic carbocycles. The van der Waals surface area contributed by atoms with Gasteiger partial charge >= 0.3 is 0 Å². The Morgan fingerprint density at radius 3 is 0.864 bits per heavy atom. The van der Waals surface area contributed by atoms with Crippen LogP contribution < -0.4 is 5.73 Å². The molecule has 2 N–H and O–H groups in total. The fourth-order valence-corrected chi connectivity index (χ4v) is 7.91. The second-order valence-corrected chi connectivity index (χ2v) is 15.5. The van der Waals surface area contributed by atoms with Crippen LogP contribution in [0.2, 0.25) is 0 Å². The van der Waals surface area contributed by atoms with Gasteiger partial charge in [-0.3, -0.25) is 0 Å². The minimum Gasteiger partial charge on any atom is -0.330 e. The van der Waals surface area contributed by atoms with Gasteiger partial charge in [-0.2, -0.15) is 0 Å². The Bertz CT molecular complexity index is 502. The normalized spacial score (nSPS) is 14.8. The van der Waals surface area contributed by atoms with Crippen molar-refractivity contribution >= 4 is 0 Å². The third-order valence-corrected chi connectivity index (χ3v) is 10.9. The molecule has 0 bridgehead atoms. The van der Waals surface area contributed by atoms with Crippen molar-refractivity contribution in [3.05, 3.63) is 0 Å². The minimum absolute atomic E-state index is 0.653. The molecule has 0 spiro atoms. The van der Waals surface area contributed by atoms with Crippen molar-refractivity contribution in [2.45, 2.75) is 239 Å². The summed E-state index contributed by atoms with van der Waals surface area (Å²) < 4.78 is 0. The molecule has 1 saturated heterocycles. The first-order chi connectivity index (χ1) is 21.8. The topological polar surface area (TPSA) is 29.3 Å². The van der Waals surface area contributed by atoms with Crippen molar-refractivity contribution < 1.29 is 0 Å². The number of nitrogens with two attached hydrogens (primary N) is 1. The molecule has 44 heavy (non-hydrogen) atoms. The van der Waals surface area contributed by atoms with Crippen LogP contribution in [-0.4, -0.2) is 31.1 Å². The molecule has 1 heterocycles. The van der Waals surface area contributed by atoms with Gasteiger partial charge in [-0.1, -0.05) is 219 Å². The van der Waals surface area contributed by atoms with E-state index in [9.17, 15) is 0 Å². The molecule has 0 saturated carbocycles. The Balaban J connectivity index is 1.97. The van der Waals surface area contributed by atoms with E-state index in [-0.39, 0.29) is 0 Å². The van der Waals surface area contributed by atoms with Gasteiger partial charge in [-0.25, -0.2) is 0 Å². The molecule has 1 fully saturated rings. The lowest BCUT2D eigenvalue weighted by atomic mass is 9.71. The molecule has 0 unspecified atom stereocenters. The standard InChI is InChI=1S/C42H86N2/c1-3-5-7-9-11-13-15-17-19-21-23-25-27-29-31-33-36-42(40-44(41-42)39-35-38-43)37-34-32-30-28-26-24-22-20-18-16-14-12-10-8-6-4-2/h3-41,43H2,1-2H3. The van der Waals surface area contributed by atoms with Gasteiger partial charge in [-0.15, -0.1) is 0 Å². The zero-order valence-corrected chi connectivity index (χ0v) is 31.1. The van der Waals surface area contributed by atoms with Crippen molar-refractivity contribution in [1.82, 2.24) is 4.90 Å². The average molecular weight is 619 g/mol. The van der Waals surface area contributed by atoms with E-state index in [1.165, 1.54) is 244 Å². The third kappa shape index (κ3) is 26.0. The molecule has 0 radical (unpaired) electrons. The quantitative estimate of drug-likeness (QED) is 0.0702. The van der Waals surface area contributed by atoms with E-state index in [0.29, 0.717) is 5.41 Å². The Hall–Kier alpha value is -0.0800. The summed E-state index contributed by atoms with van der Waals surface area (Å²) in [7, 11) is 0. The lowest BCUT2D eigenvalue weighted by Gasteiger charge is -2.51. The highest BCUT2D eigenvalue weighted by Crippen LogP contribution is 2.41. The monoisotopic (exact) mass is 619 g/mol. The highest BCUT2D eigenvalue weighted by Gasteiger charge is 2.40. The molecule has 0 aromatic heterocycles. The first-order valence-electron chi connectivity index (χ1n) is 21.2. The average Bonchev–Trinajstić information content (AvgIpc) is 3.01. The highest BCUT2D eigenvalue weighted by atomic mass is 15.2. The van der Waals surface area contributed by atoms with Gasteiger partial charge in [0.25, 0.3) is 0 Å². The van der Waals surface area contributed by atoms with E-state index in [1.54, 1.807) is 0 Å². The van der Waals surface area contributed by atoms with Gasteiger partial charge < -0.3 is 10.6 Å². The zero-order valence-electron chi connectivity index (χ0n) is 31.1. The smallest absolute Gasteiger partial charge is 0.00505 e. The Morgan fingerprint density at radius 1 is 0.364 bits per heavy atom. The summed E-state index contributed by atoms with van der Waals surface area (Å²) in [5.74, 6) is 0. The maximum absolute atomic E-state index is 5.80. The summed E-state index contributed by atoms with van der Waals surface area (Å²) in [4.78, 5) is 2.70. The van der Waals surface area contributed by atoms with Gasteiger partial charge in [0.15, 0.2) is 0 Å². The molecular weight excluding hydrogens is 532 g/mol. The molecule has 0 aromatic rings. The van der Waals surface area contributed by atoms with E-state index in [1.807, 2.05) is 0 Å². The van der Waals surface area contributed by atoms with Crippen LogP contribution in [0.25, 0.3) is 0 Å². The Labute approximate surface area is 280 Å². The van der Waals surface area contributed by atoms with E-state index < -0.39 is 0 Å². The summed E-state index contributed by atoms with van der Waals surface area (Å²) in [5.41, 5.74) is 6.46. The first-order valence-corrected chi connectivity index (χ1v) is 21.2. The van der Waals surface area contributed by atoms with Crippen LogP contribution in [0, 0.1) is 5.41 Å². The van der Waals surface area contributed by atoms with Crippen LogP contribution in [-0.2, 0) is 0 Å². The van der Waals surface area contributed by atoms with Crippen LogP contribution in [0.1, 0.15) is 239 Å². The fourth-order valence-electron chi connectivity index (χ4n) is 7.91. The van der Waals surface area contributed by atoms with E-state index in [0.717, 1.165) is 6.54 Å². The number of unbranched alkanes of at least 4 members (excludes halogenated alkanes) is 30. The van der Waals surface area contributed by atoms with Gasteiger partial charge in [0.2, 0.25) is 0 Å². The lowest BCUT2D eigenvalue weighted by molar-refractivity contribution is -0.0171. The van der Waals surface area contributed by atoms with Crippen LogP contribution in [0.3, 0.4) is 0 Å². The Kier molecular flexibility index (Phi) is 31.3. The number of likely N-dealkylation sites (tertiary alicyclic amines) is 1. The largest absolute Gasteiger partial charge is 0.330 e. The van der Waals surface area contributed by atoms with Crippen LogP contribution in [0.4, 0.5) is 0 Å². The SMILES string of the molecule is CCCCCCCCCCCCCCCCCCC1(CCCCCCCCCCCCCCCCCC)CN(CCCN)C1. The highest BCUT2D eigenvalue weighted by molar-refractivity contribution is 4.94. The van der Waals surface area contributed by atoms with Crippen LogP contribution >= 0.6 is 0 Å². The number of rotatable bonds is 37. The predicted molar refractivity (Wildman–Crippen MR) is 201 cm³/mol. The molecule has 2 nitrogen and oxygen atoms in total. The molecule has 264 valence electrons. The van der Waals surface area contributed by atoms with Crippen molar-refractivity contribution in [2.75, 3.05) is 26.2 Å². The molecule has 1 aliphatic rings. The van der Waals surface area contributed by atoms with Crippen LogP contribution in [0.15, 0.2) is 0 Å². The van der Waals surface area contributed by atoms with Gasteiger partial charge in [0.05, 0.1) is 0 Å². The van der Waals surface area contributed by atoms with Gasteiger partial charge in [-0.05, 0) is 37.8 Å². The van der Waals surface area contributed by atoms with Crippen molar-refractivity contribution in [3.63, 3.8) is 0 Å². The molecule has 1 rings (SSSR count). The fraction of sp³-hybridized carbons (Fsp3) is 1.00. The minimum atomic E-state index is 0.653. The van der Waals surface area contributed by atoms with E-state index in [4.69, 9.17) is 5.73 Å². The molecule has 0 amide bonds. The molecule has 2 heteroatoms. The predicted octanol–water partition coefficient (Wildman–Crippen LogP) is 13.9. The maximum Gasteiger partial charge on any atom is 0.00505 e. The zero-order chi connectivity index (χ0) is 31.7. The second-order valence-electron chi connectivity index (χ2n) is 15.5. The Morgan fingerprint density at radius 2 is 0.614 bits per heavy atom. The summed E-state index contributed by atoms with van der Waals surface area (Å²) in [6.07, 6.45) is 51.2. The van der Waals surface area contributed by atoms with E-state index >= 15 is 0 Å². The number of nitrogens with zero attached hydrogens (tertiary/aromatic N) is 1. The molecule has 1 aliphatic heterocycles. The third-order valence-electron chi connectivity index (χ3n) is 10.9. The summed E-state index contributed by atoms with van der Waals surface area (Å²) in [6, 6.07) is 0. The lowest BCUT2D eigenvalue weighted by Crippen LogP contribution is -2.56. The maximum atomic E-state index is 5.80. The second kappa shape index (κ2) is 32.8. The summed E-state index contributed by atoms with van der Waals surface area (Å²) in [5, 5.41) is 0. The number of hydrogen-bond donors (Lipinski definition) is 1. The van der Waals surface area contributed by atoms with Crippen molar-refractivity contribution in [1.29, 1.82) is 0 Å². The van der Waals surface area contributed by atoms with Gasteiger partial charge in [0.1, 0.15) is 0 Å². The van der Waals surface area contributed by atoms with Crippen LogP contribution in [0.5, 0.6) is 0 Å². The number of hydrogen-bond acceptors (Lipinski definition) is 2. The first kappa shape index (κ1) is 41.9. The van der Waals surface area contributed by atoms with Crippen molar-refractivity contribution in [2.24, 2.45) is 11.1 Å². The summed E-state index contributed by atoms with van der Waals surface area (Å²) in [6.45, 7) is 9.44. The molecular formula is C42H86N2. The van der Waals surface area contributed by atoms with Gasteiger partial charge in [0, 0.05) is 13.1 Å². The molecule has 0 atom stereocenters. The molecule has 0 aliphatic carbocycles. The summed E-state index contributed by atoms with van der Waals surface area (Å²) >= 11 is 0.